The Kier molecular flexibility index (Phi) is 243. The van der Waals surface area contributed by atoms with Gasteiger partial charge in [-0.05, 0) is 67.7 Å². The molecule has 0 bridgehead atoms. The molecule has 0 saturated carbocycles. The number of carbonyl (C=O) groups is 10. The second-order valence-corrected chi connectivity index (χ2v) is 4.43. The summed E-state index contributed by atoms with van der Waals surface area (Å²) in [7, 11) is 0. The first-order valence-electron chi connectivity index (χ1n) is 8.49. The predicted molar refractivity (Wildman–Crippen MR) is 125 cm³/mol. The molecule has 29 heteroatoms. The smallest absolute Gasteiger partial charge is 0.652 e. The minimum Gasteiger partial charge on any atom is -0.652 e. The molecule has 0 saturated heterocycles. The average molecular weight is 1670 g/mol. The van der Waals surface area contributed by atoms with Crippen molar-refractivity contribution >= 4 is 197 Å². The van der Waals surface area contributed by atoms with Crippen LogP contribution >= 0.6 is 0 Å². The van der Waals surface area contributed by atoms with Gasteiger partial charge in [-0.15, -0.1) is 0 Å². The van der Waals surface area contributed by atoms with Crippen molar-refractivity contribution in [3.8, 4) is 0 Å². The zero-order chi connectivity index (χ0) is 35.8. The van der Waals surface area contributed by atoms with Gasteiger partial charge < -0.3 is 109 Å². The Hall–Kier alpha value is 0.910. The van der Waals surface area contributed by atoms with Crippen LogP contribution in [0.4, 0.5) is 9.59 Å². The third kappa shape index (κ3) is 114000. The van der Waals surface area contributed by atoms with Gasteiger partial charge in [0.25, 0.3) is 0 Å². The molecule has 0 fully saturated rings. The van der Waals surface area contributed by atoms with Gasteiger partial charge >= 0.3 is 196 Å². The number of hydrogen-bond donors (Lipinski definition) is 0. The van der Waals surface area contributed by atoms with Gasteiger partial charge in [-0.1, -0.05) is 0 Å². The molecule has 250 valence electrons. The van der Waals surface area contributed by atoms with E-state index in [9.17, 15) is 0 Å². The van der Waals surface area contributed by atoms with E-state index in [2.05, 4.69) is 0 Å². The molecule has 0 heterocycles. The van der Waals surface area contributed by atoms with E-state index in [0.717, 1.165) is 55.4 Å². The van der Waals surface area contributed by atoms with Crippen LogP contribution in [0.2, 0.25) is 0 Å². The summed E-state index contributed by atoms with van der Waals surface area (Å²) in [5.74, 6) is -8.67. The summed E-state index contributed by atoms with van der Waals surface area (Å²) in [6.45, 7) is 7.78. The third-order valence-electron chi connectivity index (χ3n) is 0. The maximum absolute atomic E-state index is 8.89. The number of carboxylic acid groups (broad SMARTS) is 12. The summed E-state index contributed by atoms with van der Waals surface area (Å²) in [5.41, 5.74) is 0. The zero-order valence-corrected chi connectivity index (χ0v) is 49.9. The van der Waals surface area contributed by atoms with E-state index in [4.69, 9.17) is 109 Å². The van der Waals surface area contributed by atoms with Crippen LogP contribution < -0.4 is 120 Å². The maximum atomic E-state index is 8.89. The summed E-state index contributed by atoms with van der Waals surface area (Å²) in [6, 6.07) is 0. The van der Waals surface area contributed by atoms with Crippen molar-refractivity contribution in [1.82, 2.24) is 0 Å². The third-order valence-corrected chi connectivity index (χ3v) is 0. The van der Waals surface area contributed by atoms with Crippen LogP contribution in [0.3, 0.4) is 0 Å². The number of carbonyl (C=O) groups excluding carboxylic acids is 10. The molecule has 0 rings (SSSR count). The van der Waals surface area contributed by atoms with Crippen LogP contribution in [0, 0.1) is 0 Å². The monoisotopic (exact) mass is 1680 g/mol. The second kappa shape index (κ2) is 103. The van der Waals surface area contributed by atoms with Gasteiger partial charge in [0.2, 0.25) is 0 Å². The van der Waals surface area contributed by atoms with Gasteiger partial charge in [-0.3, -0.25) is 0 Å². The Morgan fingerprint density at radius 2 is 0.234 bits per heavy atom. The summed E-state index contributed by atoms with van der Waals surface area (Å²) < 4.78 is 0. The van der Waals surface area contributed by atoms with Gasteiger partial charge in [0.05, 0.1) is 0 Å². The molecule has 22 nitrogen and oxygen atoms in total. The van der Waals surface area contributed by atoms with Gasteiger partial charge in [-0.2, -0.15) is 0 Å². The van der Waals surface area contributed by atoms with E-state index in [1.807, 2.05) is 0 Å². The molecule has 0 unspecified atom stereocenters. The topological polar surface area (TPSA) is 447 Å². The van der Waals surface area contributed by atoms with Crippen molar-refractivity contribution in [1.29, 1.82) is 0 Å². The molecule has 0 aromatic rings. The SMILES string of the molecule is CC(=O)[O-].CC(=O)[O-].CC(=O)[O-].CC(=O)[O-].CC(=O)[O-].CC(=O)[O-].CC(=O)[O-].CC(=O)[O-].O=C([O-])[O-].O=C([O-])[O-].[Na+].[Na+].[Pb+2].[Pb+2].[Pb+2].[Pb+2].[Pb+2]. The van der Waals surface area contributed by atoms with Gasteiger partial charge in [0.15, 0.2) is 0 Å². The fraction of sp³-hybridized carbons (Fsp3) is 0.444. The Labute approximate surface area is 413 Å². The largest absolute Gasteiger partial charge is 2.00 e. The van der Waals surface area contributed by atoms with Crippen molar-refractivity contribution in [2.24, 2.45) is 0 Å². The minimum absolute atomic E-state index is 0. The standard InChI is InChI=1S/8C2H4O2.2CH2O3.2Na.5Pb/c8*1-2(3)4;2*2-1(3)4;;;;;;;/h8*1H3,(H,3,4);2*(H2,2,3,4);;;;;;;/q;;;;;;;;;;2*+1;5*+2/p-12. The quantitative estimate of drug-likeness (QED) is 0.203. The molecule has 47 heavy (non-hydrogen) atoms. The predicted octanol–water partition coefficient (Wildman–Crippen LogP) is -22.7. The normalized spacial score (nSPS) is 5.28. The van der Waals surface area contributed by atoms with E-state index >= 15 is 0 Å². The summed E-state index contributed by atoms with van der Waals surface area (Å²) in [4.78, 5) is 87.8. The maximum Gasteiger partial charge on any atom is 2.00 e. The first kappa shape index (κ1) is 110. The fourth-order valence-electron chi connectivity index (χ4n) is 0. The van der Waals surface area contributed by atoms with Crippen LogP contribution in [0.5, 0.6) is 0 Å². The van der Waals surface area contributed by atoms with E-state index in [-0.39, 0.29) is 196 Å². The van der Waals surface area contributed by atoms with Crippen LogP contribution in [0.1, 0.15) is 55.4 Å². The molecular weight excluding hydrogens is 1650 g/mol. The molecule has 0 aliphatic heterocycles. The van der Waals surface area contributed by atoms with E-state index in [1.165, 1.54) is 0 Å². The molecular formula is C18H24Na2O22Pb5. The zero-order valence-electron chi connectivity index (χ0n) is 26.5. The Balaban J connectivity index is -0.0000000140. The second-order valence-electron chi connectivity index (χ2n) is 4.43. The molecule has 0 aromatic heterocycles. The average Bonchev–Trinajstić information content (AvgIpc) is 2.47. The first-order valence-corrected chi connectivity index (χ1v) is 8.49. The van der Waals surface area contributed by atoms with Crippen molar-refractivity contribution < 1.29 is 168 Å². The van der Waals surface area contributed by atoms with Crippen molar-refractivity contribution in [2.75, 3.05) is 0 Å². The molecule has 0 amide bonds. The van der Waals surface area contributed by atoms with Crippen molar-refractivity contribution in [3.05, 3.63) is 0 Å². The number of hydrogen-bond acceptors (Lipinski definition) is 22. The van der Waals surface area contributed by atoms with Crippen LogP contribution in [-0.4, -0.2) is 197 Å². The van der Waals surface area contributed by atoms with E-state index in [0.29, 0.717) is 0 Å². The van der Waals surface area contributed by atoms with Gasteiger partial charge in [-0.25, -0.2) is 0 Å². The molecule has 0 N–H and O–H groups in total. The Morgan fingerprint density at radius 1 is 0.234 bits per heavy atom. The van der Waals surface area contributed by atoms with Crippen LogP contribution in [0.15, 0.2) is 0 Å². The van der Waals surface area contributed by atoms with Crippen LogP contribution in [0.25, 0.3) is 0 Å². The fourth-order valence-corrected chi connectivity index (χ4v) is 0. The summed E-state index contributed by atoms with van der Waals surface area (Å²) in [5, 5.41) is 104. The first-order chi connectivity index (χ1) is 17.3. The number of carboxylic acids is 8. The Bertz CT molecular complexity index is 504. The molecule has 0 aromatic carbocycles. The van der Waals surface area contributed by atoms with Gasteiger partial charge in [0.1, 0.15) is 0 Å². The summed E-state index contributed by atoms with van der Waals surface area (Å²) in [6.07, 6.45) is -4.67. The van der Waals surface area contributed by atoms with Gasteiger partial charge in [0, 0.05) is 47.8 Å². The van der Waals surface area contributed by atoms with E-state index < -0.39 is 60.1 Å². The van der Waals surface area contributed by atoms with Crippen molar-refractivity contribution in [2.45, 2.75) is 55.4 Å². The molecule has 0 spiro atoms. The number of aliphatic carboxylic acids is 8. The molecule has 0 atom stereocenters. The number of rotatable bonds is 0. The van der Waals surface area contributed by atoms with E-state index in [1.54, 1.807) is 0 Å². The molecule has 0 aliphatic rings. The summed E-state index contributed by atoms with van der Waals surface area (Å²) >= 11 is 0. The molecule has 10 radical (unpaired) electrons. The van der Waals surface area contributed by atoms with Crippen LogP contribution in [-0.2, 0) is 38.4 Å². The molecule has 0 aliphatic carbocycles. The Morgan fingerprint density at radius 3 is 0.234 bits per heavy atom. The minimum atomic E-state index is -2.33. The van der Waals surface area contributed by atoms with Crippen molar-refractivity contribution in [3.63, 3.8) is 0 Å².